The van der Waals surface area contributed by atoms with Crippen LogP contribution in [0.25, 0.3) is 10.9 Å². The van der Waals surface area contributed by atoms with Gasteiger partial charge in [0.25, 0.3) is 0 Å². The Morgan fingerprint density at radius 2 is 2.32 bits per heavy atom. The number of nitriles is 1. The molecule has 2 aromatic rings. The summed E-state index contributed by atoms with van der Waals surface area (Å²) in [6.45, 7) is 0. The molecule has 2 unspecified atom stereocenters. The van der Waals surface area contributed by atoms with E-state index in [1.165, 1.54) is 0 Å². The lowest BCUT2D eigenvalue weighted by atomic mass is 9.84. The first-order valence-electron chi connectivity index (χ1n) is 6.08. The number of hydrogen-bond donors (Lipinski definition) is 2. The molecule has 5 heteroatoms. The van der Waals surface area contributed by atoms with Crippen molar-refractivity contribution in [2.24, 2.45) is 5.92 Å². The molecule has 3 rings (SSSR count). The molecule has 1 aromatic carbocycles. The summed E-state index contributed by atoms with van der Waals surface area (Å²) in [5, 5.41) is 20.4. The minimum Gasteiger partial charge on any atom is -0.480 e. The number of carboxylic acid groups (broad SMARTS) is 1. The third-order valence-electron chi connectivity index (χ3n) is 3.56. The van der Waals surface area contributed by atoms with Gasteiger partial charge in [-0.2, -0.15) is 5.26 Å². The van der Waals surface area contributed by atoms with Gasteiger partial charge in [-0.25, -0.2) is 0 Å². The van der Waals surface area contributed by atoms with Gasteiger partial charge in [0.2, 0.25) is 0 Å². The summed E-state index contributed by atoms with van der Waals surface area (Å²) >= 11 is 1.70. The monoisotopic (exact) mass is 272 g/mol. The molecule has 1 aliphatic heterocycles. The van der Waals surface area contributed by atoms with Crippen LogP contribution in [0.5, 0.6) is 0 Å². The first-order valence-corrected chi connectivity index (χ1v) is 7.06. The van der Waals surface area contributed by atoms with Crippen molar-refractivity contribution in [1.82, 2.24) is 4.98 Å². The lowest BCUT2D eigenvalue weighted by molar-refractivity contribution is -0.140. The van der Waals surface area contributed by atoms with Crippen LogP contribution < -0.4 is 0 Å². The molecule has 2 heterocycles. The molecule has 0 amide bonds. The summed E-state index contributed by atoms with van der Waals surface area (Å²) in [5.74, 6) is -1.39. The summed E-state index contributed by atoms with van der Waals surface area (Å²) in [4.78, 5) is 14.6. The van der Waals surface area contributed by atoms with E-state index in [0.717, 1.165) is 33.7 Å². The van der Waals surface area contributed by atoms with E-state index < -0.39 is 11.9 Å². The molecule has 0 spiro atoms. The van der Waals surface area contributed by atoms with Gasteiger partial charge < -0.3 is 10.1 Å². The standard InChI is InChI=1S/C14H12N2O2S/c15-7-10(14(17)18)8-5-6-19-13-12(8)9-3-1-2-4-11(9)16-13/h1-4,8,10,16H,5-6H2,(H,17,18). The zero-order valence-corrected chi connectivity index (χ0v) is 10.9. The fourth-order valence-corrected chi connectivity index (χ4v) is 3.88. The van der Waals surface area contributed by atoms with Gasteiger partial charge in [-0.15, -0.1) is 11.8 Å². The average Bonchev–Trinajstić information content (AvgIpc) is 2.78. The Balaban J connectivity index is 2.18. The molecule has 0 saturated heterocycles. The number of fused-ring (bicyclic) bond motifs is 3. The van der Waals surface area contributed by atoms with Crippen molar-refractivity contribution in [1.29, 1.82) is 5.26 Å². The number of carbonyl (C=O) groups is 1. The zero-order chi connectivity index (χ0) is 13.4. The average molecular weight is 272 g/mol. The summed E-state index contributed by atoms with van der Waals surface area (Å²) in [5.41, 5.74) is 2.01. The molecule has 4 nitrogen and oxygen atoms in total. The maximum absolute atomic E-state index is 11.3. The van der Waals surface area contributed by atoms with E-state index >= 15 is 0 Å². The first kappa shape index (κ1) is 12.1. The Kier molecular flexibility index (Phi) is 2.96. The fourth-order valence-electron chi connectivity index (χ4n) is 2.70. The Morgan fingerprint density at radius 1 is 1.53 bits per heavy atom. The van der Waals surface area contributed by atoms with E-state index in [0.29, 0.717) is 0 Å². The summed E-state index contributed by atoms with van der Waals surface area (Å²) in [6, 6.07) is 9.80. The van der Waals surface area contributed by atoms with Gasteiger partial charge in [-0.1, -0.05) is 18.2 Å². The maximum atomic E-state index is 11.3. The molecule has 0 fully saturated rings. The quantitative estimate of drug-likeness (QED) is 0.881. The summed E-state index contributed by atoms with van der Waals surface area (Å²) in [7, 11) is 0. The van der Waals surface area contributed by atoms with E-state index in [2.05, 4.69) is 4.98 Å². The zero-order valence-electron chi connectivity index (χ0n) is 10.1. The van der Waals surface area contributed by atoms with Gasteiger partial charge >= 0.3 is 5.97 Å². The molecule has 0 aliphatic carbocycles. The van der Waals surface area contributed by atoms with Crippen LogP contribution in [0, 0.1) is 17.2 Å². The lowest BCUT2D eigenvalue weighted by Crippen LogP contribution is -2.23. The molecule has 0 saturated carbocycles. The number of thioether (sulfide) groups is 1. The molecule has 2 N–H and O–H groups in total. The van der Waals surface area contributed by atoms with Gasteiger partial charge in [0.15, 0.2) is 5.92 Å². The second-order valence-electron chi connectivity index (χ2n) is 4.60. The van der Waals surface area contributed by atoms with Gasteiger partial charge in [-0.05, 0) is 18.1 Å². The number of benzene rings is 1. The third-order valence-corrected chi connectivity index (χ3v) is 4.61. The smallest absolute Gasteiger partial charge is 0.321 e. The van der Waals surface area contributed by atoms with Crippen LogP contribution in [0.3, 0.4) is 0 Å². The van der Waals surface area contributed by atoms with Crippen molar-refractivity contribution in [3.05, 3.63) is 29.8 Å². The number of aliphatic carboxylic acids is 1. The molecule has 0 bridgehead atoms. The van der Waals surface area contributed by atoms with Crippen LogP contribution in [-0.4, -0.2) is 21.8 Å². The Morgan fingerprint density at radius 3 is 3.05 bits per heavy atom. The minimum absolute atomic E-state index is 0.227. The van der Waals surface area contributed by atoms with Crippen LogP contribution in [0.4, 0.5) is 0 Å². The topological polar surface area (TPSA) is 76.9 Å². The van der Waals surface area contributed by atoms with Crippen molar-refractivity contribution in [2.45, 2.75) is 17.4 Å². The van der Waals surface area contributed by atoms with Crippen LogP contribution in [-0.2, 0) is 4.79 Å². The van der Waals surface area contributed by atoms with E-state index in [4.69, 9.17) is 5.26 Å². The molecule has 2 atom stereocenters. The van der Waals surface area contributed by atoms with Crippen molar-refractivity contribution in [3.8, 4) is 6.07 Å². The molecule has 96 valence electrons. The second kappa shape index (κ2) is 4.63. The third kappa shape index (κ3) is 1.89. The molecule has 0 radical (unpaired) electrons. The Labute approximate surface area is 114 Å². The number of carboxylic acids is 1. The maximum Gasteiger partial charge on any atom is 0.321 e. The minimum atomic E-state index is -1.03. The number of aromatic amines is 1. The largest absolute Gasteiger partial charge is 0.480 e. The van der Waals surface area contributed by atoms with Crippen molar-refractivity contribution < 1.29 is 9.90 Å². The number of para-hydroxylation sites is 1. The van der Waals surface area contributed by atoms with Crippen LogP contribution in [0.15, 0.2) is 29.3 Å². The number of H-pyrrole nitrogens is 1. The van der Waals surface area contributed by atoms with Crippen molar-refractivity contribution in [3.63, 3.8) is 0 Å². The normalized spacial score (nSPS) is 19.6. The van der Waals surface area contributed by atoms with Gasteiger partial charge in [0.1, 0.15) is 0 Å². The van der Waals surface area contributed by atoms with Crippen molar-refractivity contribution >= 4 is 28.6 Å². The van der Waals surface area contributed by atoms with E-state index in [1.54, 1.807) is 11.8 Å². The van der Waals surface area contributed by atoms with E-state index in [9.17, 15) is 9.90 Å². The molecular weight excluding hydrogens is 260 g/mol. The highest BCUT2D eigenvalue weighted by Crippen LogP contribution is 2.44. The first-order chi connectivity index (χ1) is 9.22. The SMILES string of the molecule is N#CC(C(=O)O)C1CCSc2[nH]c3ccccc3c21. The predicted octanol–water partition coefficient (Wildman–Crippen LogP) is 2.97. The molecule has 1 aliphatic rings. The van der Waals surface area contributed by atoms with Gasteiger partial charge in [-0.3, -0.25) is 4.79 Å². The molecule has 1 aromatic heterocycles. The van der Waals surface area contributed by atoms with Crippen molar-refractivity contribution in [2.75, 3.05) is 5.75 Å². The fraction of sp³-hybridized carbons (Fsp3) is 0.286. The Hall–Kier alpha value is -1.93. The van der Waals surface area contributed by atoms with E-state index in [1.807, 2.05) is 30.3 Å². The van der Waals surface area contributed by atoms with Crippen LogP contribution in [0.2, 0.25) is 0 Å². The Bertz CT molecular complexity index is 686. The highest BCUT2D eigenvalue weighted by molar-refractivity contribution is 7.99. The summed E-state index contributed by atoms with van der Waals surface area (Å²) in [6.07, 6.45) is 0.726. The predicted molar refractivity (Wildman–Crippen MR) is 73.1 cm³/mol. The number of rotatable bonds is 2. The summed E-state index contributed by atoms with van der Waals surface area (Å²) < 4.78 is 0. The highest BCUT2D eigenvalue weighted by Gasteiger charge is 2.35. The number of hydrogen-bond acceptors (Lipinski definition) is 3. The molecule has 19 heavy (non-hydrogen) atoms. The number of aromatic nitrogens is 1. The van der Waals surface area contributed by atoms with Crippen LogP contribution in [0.1, 0.15) is 17.9 Å². The highest BCUT2D eigenvalue weighted by atomic mass is 32.2. The second-order valence-corrected chi connectivity index (χ2v) is 5.71. The van der Waals surface area contributed by atoms with E-state index in [-0.39, 0.29) is 5.92 Å². The number of nitrogens with zero attached hydrogens (tertiary/aromatic N) is 1. The lowest BCUT2D eigenvalue weighted by Gasteiger charge is -2.24. The van der Waals surface area contributed by atoms with Crippen LogP contribution >= 0.6 is 11.8 Å². The number of nitrogens with one attached hydrogen (secondary N) is 1. The molecular formula is C14H12N2O2S. The van der Waals surface area contributed by atoms with Gasteiger partial charge in [0.05, 0.1) is 11.1 Å². The van der Waals surface area contributed by atoms with Gasteiger partial charge in [0, 0.05) is 22.6 Å².